The summed E-state index contributed by atoms with van der Waals surface area (Å²) < 4.78 is 0. The smallest absolute Gasteiger partial charge is 0.198 e. The largest absolute Gasteiger partial charge is 0.383 e. The summed E-state index contributed by atoms with van der Waals surface area (Å²) in [7, 11) is 0. The third-order valence-electron chi connectivity index (χ3n) is 3.77. The van der Waals surface area contributed by atoms with Crippen molar-refractivity contribution in [2.24, 2.45) is 0 Å². The van der Waals surface area contributed by atoms with Crippen molar-refractivity contribution in [2.45, 2.75) is 51.0 Å². The second-order valence-corrected chi connectivity index (χ2v) is 5.16. The standard InChI is InChI=1S/C14H20N2O2/c1-10-6-9-16-13(15)11(10)12(17)14(18)7-4-2-3-5-8-14/h6,9,18H,2-5,7-8H2,1H3,(H2,15,16). The SMILES string of the molecule is Cc1ccnc(N)c1C(=O)C1(O)CCCCCC1. The molecule has 4 heteroatoms. The van der Waals surface area contributed by atoms with E-state index in [1.807, 2.05) is 6.92 Å². The van der Waals surface area contributed by atoms with Gasteiger partial charge in [0, 0.05) is 6.20 Å². The lowest BCUT2D eigenvalue weighted by molar-refractivity contribution is 0.0238. The number of nitrogens with zero attached hydrogens (tertiary/aromatic N) is 1. The zero-order valence-electron chi connectivity index (χ0n) is 10.8. The number of aryl methyl sites for hydroxylation is 1. The average Bonchev–Trinajstić information content (AvgIpc) is 2.55. The number of anilines is 1. The van der Waals surface area contributed by atoms with Gasteiger partial charge >= 0.3 is 0 Å². The molecule has 0 unspecified atom stereocenters. The molecule has 1 aliphatic carbocycles. The highest BCUT2D eigenvalue weighted by Crippen LogP contribution is 2.32. The van der Waals surface area contributed by atoms with Crippen LogP contribution >= 0.6 is 0 Å². The Bertz CT molecular complexity index is 429. The van der Waals surface area contributed by atoms with E-state index in [9.17, 15) is 9.90 Å². The van der Waals surface area contributed by atoms with Gasteiger partial charge in [-0.2, -0.15) is 0 Å². The predicted octanol–water partition coefficient (Wildman–Crippen LogP) is 2.24. The topological polar surface area (TPSA) is 76.2 Å². The van der Waals surface area contributed by atoms with Crippen molar-refractivity contribution in [1.29, 1.82) is 0 Å². The number of Topliss-reactive ketones (excluding diaryl/α,β-unsaturated/α-hetero) is 1. The van der Waals surface area contributed by atoms with E-state index in [4.69, 9.17) is 5.73 Å². The van der Waals surface area contributed by atoms with E-state index in [-0.39, 0.29) is 11.6 Å². The van der Waals surface area contributed by atoms with Crippen LogP contribution in [-0.2, 0) is 0 Å². The number of nitrogen functional groups attached to an aromatic ring is 1. The lowest BCUT2D eigenvalue weighted by Gasteiger charge is -2.26. The summed E-state index contributed by atoms with van der Waals surface area (Å²) in [5.74, 6) is -0.0369. The summed E-state index contributed by atoms with van der Waals surface area (Å²) in [4.78, 5) is 16.5. The maximum atomic E-state index is 12.5. The van der Waals surface area contributed by atoms with E-state index in [1.165, 1.54) is 0 Å². The molecule has 2 rings (SSSR count). The molecule has 0 aromatic carbocycles. The lowest BCUT2D eigenvalue weighted by Crippen LogP contribution is -2.39. The van der Waals surface area contributed by atoms with Gasteiger partial charge in [0.05, 0.1) is 5.56 Å². The van der Waals surface area contributed by atoms with Crippen LogP contribution in [0.4, 0.5) is 5.82 Å². The minimum Gasteiger partial charge on any atom is -0.383 e. The van der Waals surface area contributed by atoms with Crippen molar-refractivity contribution in [3.05, 3.63) is 23.4 Å². The molecule has 18 heavy (non-hydrogen) atoms. The van der Waals surface area contributed by atoms with Crippen molar-refractivity contribution < 1.29 is 9.90 Å². The summed E-state index contributed by atoms with van der Waals surface area (Å²) in [6.07, 6.45) is 6.58. The molecule has 1 heterocycles. The highest BCUT2D eigenvalue weighted by molar-refractivity contribution is 6.06. The summed E-state index contributed by atoms with van der Waals surface area (Å²) in [6.45, 7) is 1.82. The minimum absolute atomic E-state index is 0.220. The number of carbonyl (C=O) groups is 1. The first kappa shape index (κ1) is 13.0. The Kier molecular flexibility index (Phi) is 3.66. The third-order valence-corrected chi connectivity index (χ3v) is 3.77. The van der Waals surface area contributed by atoms with Crippen LogP contribution in [0.3, 0.4) is 0 Å². The molecule has 0 saturated heterocycles. The normalized spacial score (nSPS) is 19.2. The predicted molar refractivity (Wildman–Crippen MR) is 70.4 cm³/mol. The number of pyridine rings is 1. The first-order valence-corrected chi connectivity index (χ1v) is 6.53. The van der Waals surface area contributed by atoms with E-state index >= 15 is 0 Å². The second-order valence-electron chi connectivity index (χ2n) is 5.16. The van der Waals surface area contributed by atoms with Crippen molar-refractivity contribution in [2.75, 3.05) is 5.73 Å². The summed E-state index contributed by atoms with van der Waals surface area (Å²) in [6, 6.07) is 1.75. The maximum absolute atomic E-state index is 12.5. The monoisotopic (exact) mass is 248 g/mol. The van der Waals surface area contributed by atoms with Crippen molar-refractivity contribution >= 4 is 11.6 Å². The molecule has 0 spiro atoms. The fourth-order valence-corrected chi connectivity index (χ4v) is 2.65. The van der Waals surface area contributed by atoms with Crippen LogP contribution in [0.5, 0.6) is 0 Å². The molecule has 1 aromatic heterocycles. The van der Waals surface area contributed by atoms with Gasteiger partial charge in [-0.05, 0) is 31.4 Å². The quantitative estimate of drug-likeness (QED) is 0.621. The number of ketones is 1. The lowest BCUT2D eigenvalue weighted by atomic mass is 9.85. The van der Waals surface area contributed by atoms with Gasteiger partial charge in [0.25, 0.3) is 0 Å². The number of nitrogens with two attached hydrogens (primary N) is 1. The molecule has 98 valence electrons. The van der Waals surface area contributed by atoms with Gasteiger partial charge in [0.1, 0.15) is 11.4 Å². The molecule has 0 atom stereocenters. The summed E-state index contributed by atoms with van der Waals surface area (Å²) in [5, 5.41) is 10.6. The molecule has 1 saturated carbocycles. The Balaban J connectivity index is 2.35. The zero-order chi connectivity index (χ0) is 13.2. The van der Waals surface area contributed by atoms with Crippen LogP contribution in [-0.4, -0.2) is 21.5 Å². The molecule has 1 aliphatic rings. The van der Waals surface area contributed by atoms with Crippen LogP contribution < -0.4 is 5.73 Å². The van der Waals surface area contributed by atoms with Crippen LogP contribution in [0.15, 0.2) is 12.3 Å². The van der Waals surface area contributed by atoms with E-state index in [0.29, 0.717) is 18.4 Å². The van der Waals surface area contributed by atoms with Crippen molar-refractivity contribution in [3.63, 3.8) is 0 Å². The molecule has 1 fully saturated rings. The average molecular weight is 248 g/mol. The Morgan fingerprint density at radius 2 is 1.94 bits per heavy atom. The number of aromatic nitrogens is 1. The Morgan fingerprint density at radius 1 is 1.33 bits per heavy atom. The highest BCUT2D eigenvalue weighted by atomic mass is 16.3. The van der Waals surface area contributed by atoms with Crippen LogP contribution in [0, 0.1) is 6.92 Å². The van der Waals surface area contributed by atoms with Crippen LogP contribution in [0.2, 0.25) is 0 Å². The summed E-state index contributed by atoms with van der Waals surface area (Å²) >= 11 is 0. The fourth-order valence-electron chi connectivity index (χ4n) is 2.65. The Hall–Kier alpha value is -1.42. The second kappa shape index (κ2) is 5.06. The molecular formula is C14H20N2O2. The van der Waals surface area contributed by atoms with Gasteiger partial charge in [0.2, 0.25) is 0 Å². The molecule has 1 aromatic rings. The van der Waals surface area contributed by atoms with Crippen molar-refractivity contribution in [1.82, 2.24) is 4.98 Å². The first-order chi connectivity index (χ1) is 8.54. The maximum Gasteiger partial charge on any atom is 0.198 e. The Morgan fingerprint density at radius 3 is 2.50 bits per heavy atom. The number of rotatable bonds is 2. The minimum atomic E-state index is -1.25. The number of hydrogen-bond acceptors (Lipinski definition) is 4. The molecular weight excluding hydrogens is 228 g/mol. The molecule has 0 bridgehead atoms. The molecule has 4 nitrogen and oxygen atoms in total. The fraction of sp³-hybridized carbons (Fsp3) is 0.571. The number of hydrogen-bond donors (Lipinski definition) is 2. The molecule has 0 aliphatic heterocycles. The van der Waals surface area contributed by atoms with E-state index in [0.717, 1.165) is 31.2 Å². The van der Waals surface area contributed by atoms with Crippen molar-refractivity contribution in [3.8, 4) is 0 Å². The van der Waals surface area contributed by atoms with Gasteiger partial charge in [-0.3, -0.25) is 4.79 Å². The van der Waals surface area contributed by atoms with Gasteiger partial charge in [0.15, 0.2) is 5.78 Å². The molecule has 0 amide bonds. The van der Waals surface area contributed by atoms with Crippen LogP contribution in [0.25, 0.3) is 0 Å². The first-order valence-electron chi connectivity index (χ1n) is 6.53. The number of carbonyl (C=O) groups excluding carboxylic acids is 1. The summed E-state index contributed by atoms with van der Waals surface area (Å²) in [5.41, 5.74) is 5.71. The number of aliphatic hydroxyl groups is 1. The highest BCUT2D eigenvalue weighted by Gasteiger charge is 2.38. The van der Waals surface area contributed by atoms with E-state index in [2.05, 4.69) is 4.98 Å². The molecule has 0 radical (unpaired) electrons. The third kappa shape index (κ3) is 2.38. The van der Waals surface area contributed by atoms with Gasteiger partial charge in [-0.15, -0.1) is 0 Å². The van der Waals surface area contributed by atoms with Crippen LogP contribution in [0.1, 0.15) is 54.4 Å². The van der Waals surface area contributed by atoms with Gasteiger partial charge in [-0.1, -0.05) is 25.7 Å². The van der Waals surface area contributed by atoms with Gasteiger partial charge < -0.3 is 10.8 Å². The zero-order valence-corrected chi connectivity index (χ0v) is 10.8. The molecule has 3 N–H and O–H groups in total. The van der Waals surface area contributed by atoms with Gasteiger partial charge in [-0.25, -0.2) is 4.98 Å². The Labute approximate surface area is 107 Å². The van der Waals surface area contributed by atoms with E-state index < -0.39 is 5.60 Å². The van der Waals surface area contributed by atoms with E-state index in [1.54, 1.807) is 12.3 Å².